The van der Waals surface area contributed by atoms with Crippen molar-refractivity contribution in [1.82, 2.24) is 0 Å². The Hall–Kier alpha value is -1.26. The third kappa shape index (κ3) is 3.39. The third-order valence-corrected chi connectivity index (χ3v) is 5.99. The zero-order valence-corrected chi connectivity index (χ0v) is 14.7. The number of nitrogens with two attached hydrogens (primary N) is 2. The molecule has 0 saturated heterocycles. The Balaban J connectivity index is 0.000000257. The second kappa shape index (κ2) is 7.55. The van der Waals surface area contributed by atoms with Gasteiger partial charge in [0.15, 0.2) is 5.41 Å². The molecule has 0 amide bonds. The summed E-state index contributed by atoms with van der Waals surface area (Å²) in [5.41, 5.74) is 7.97. The van der Waals surface area contributed by atoms with Crippen LogP contribution in [0.2, 0.25) is 0 Å². The first-order chi connectivity index (χ1) is 11.4. The van der Waals surface area contributed by atoms with E-state index in [2.05, 4.69) is 0 Å². The van der Waals surface area contributed by atoms with E-state index < -0.39 is 40.6 Å². The second-order valence-electron chi connectivity index (χ2n) is 7.44. The van der Waals surface area contributed by atoms with Crippen LogP contribution in [-0.2, 0) is 9.59 Å². The quantitative estimate of drug-likeness (QED) is 0.292. The van der Waals surface area contributed by atoms with Crippen LogP contribution in [-0.4, -0.2) is 68.4 Å². The van der Waals surface area contributed by atoms with Crippen LogP contribution in [0.25, 0.3) is 0 Å². The first-order valence-electron chi connectivity index (χ1n) is 8.39. The highest BCUT2D eigenvalue weighted by Gasteiger charge is 2.59. The summed E-state index contributed by atoms with van der Waals surface area (Å²) in [6.45, 7) is 4.39. The number of aliphatic hydroxyl groups excluding tert-OH is 2. The lowest BCUT2D eigenvalue weighted by Gasteiger charge is -2.46. The van der Waals surface area contributed by atoms with Crippen LogP contribution < -0.4 is 11.5 Å². The largest absolute Gasteiger partial charge is 0.480 e. The first kappa shape index (κ1) is 21.8. The predicted molar refractivity (Wildman–Crippen MR) is 88.5 cm³/mol. The summed E-state index contributed by atoms with van der Waals surface area (Å²) in [5, 5.41) is 46.1. The lowest BCUT2D eigenvalue weighted by molar-refractivity contribution is -0.180. The van der Waals surface area contributed by atoms with Crippen molar-refractivity contribution in [2.45, 2.75) is 57.3 Å². The molecule has 9 nitrogen and oxygen atoms in total. The van der Waals surface area contributed by atoms with Crippen LogP contribution in [0.4, 0.5) is 0 Å². The van der Waals surface area contributed by atoms with Crippen molar-refractivity contribution < 1.29 is 35.1 Å². The van der Waals surface area contributed by atoms with Crippen molar-refractivity contribution in [3.05, 3.63) is 0 Å². The van der Waals surface area contributed by atoms with Gasteiger partial charge in [0.2, 0.25) is 0 Å². The topological polar surface area (TPSA) is 187 Å². The molecule has 2 rings (SSSR count). The van der Waals surface area contributed by atoms with Crippen molar-refractivity contribution in [2.24, 2.45) is 28.2 Å². The first-order valence-corrected chi connectivity index (χ1v) is 8.39. The molecule has 0 aliphatic heterocycles. The van der Waals surface area contributed by atoms with Crippen molar-refractivity contribution in [3.63, 3.8) is 0 Å². The van der Waals surface area contributed by atoms with Crippen LogP contribution in [0, 0.1) is 16.7 Å². The number of carboxylic acid groups (broad SMARTS) is 2. The molecule has 0 bridgehead atoms. The average molecular weight is 362 g/mol. The fourth-order valence-corrected chi connectivity index (χ4v) is 4.14. The summed E-state index contributed by atoms with van der Waals surface area (Å²) in [7, 11) is 0. The Morgan fingerprint density at radius 3 is 1.76 bits per heavy atom. The van der Waals surface area contributed by atoms with E-state index in [1.165, 1.54) is 0 Å². The minimum atomic E-state index is -1.72. The van der Waals surface area contributed by atoms with Gasteiger partial charge in [0.05, 0.1) is 17.8 Å². The molecule has 0 radical (unpaired) electrons. The van der Waals surface area contributed by atoms with E-state index in [0.29, 0.717) is 12.8 Å². The molecule has 0 aromatic heterocycles. The monoisotopic (exact) mass is 362 g/mol. The molecule has 0 heterocycles. The number of aliphatic hydroxyl groups is 3. The molecular weight excluding hydrogens is 332 g/mol. The van der Waals surface area contributed by atoms with Gasteiger partial charge in [0.1, 0.15) is 0 Å². The van der Waals surface area contributed by atoms with Crippen LogP contribution in [0.15, 0.2) is 0 Å². The van der Waals surface area contributed by atoms with E-state index in [-0.39, 0.29) is 31.8 Å². The molecule has 0 aromatic rings. The lowest BCUT2D eigenvalue weighted by Crippen LogP contribution is -2.60. The molecule has 146 valence electrons. The van der Waals surface area contributed by atoms with Crippen molar-refractivity contribution in [2.75, 3.05) is 13.1 Å². The van der Waals surface area contributed by atoms with Crippen LogP contribution in [0.1, 0.15) is 39.5 Å². The minimum absolute atomic E-state index is 0.124. The zero-order chi connectivity index (χ0) is 19.6. The molecule has 2 fully saturated rings. The third-order valence-electron chi connectivity index (χ3n) is 5.99. The maximum absolute atomic E-state index is 10.4. The van der Waals surface area contributed by atoms with Gasteiger partial charge in [-0.2, -0.15) is 0 Å². The summed E-state index contributed by atoms with van der Waals surface area (Å²) >= 11 is 0. The molecule has 0 spiro atoms. The fraction of sp³-hybridized carbons (Fsp3) is 0.875. The van der Waals surface area contributed by atoms with E-state index in [4.69, 9.17) is 26.8 Å². The second-order valence-corrected chi connectivity index (χ2v) is 7.44. The number of carbonyl (C=O) groups is 2. The number of hydrogen-bond acceptors (Lipinski definition) is 7. The SMILES string of the molecule is CC(C)C1(CN)C(O)CCC1(O)CN.O=C(O)C1(C(=O)O)CC(O)C1. The average Bonchev–Trinajstić information content (AvgIpc) is 2.76. The molecule has 25 heavy (non-hydrogen) atoms. The summed E-state index contributed by atoms with van der Waals surface area (Å²) < 4.78 is 0. The van der Waals surface area contributed by atoms with Gasteiger partial charge in [-0.3, -0.25) is 9.59 Å². The zero-order valence-electron chi connectivity index (χ0n) is 14.7. The van der Waals surface area contributed by atoms with Crippen molar-refractivity contribution in [1.29, 1.82) is 0 Å². The maximum Gasteiger partial charge on any atom is 0.321 e. The molecule has 0 aromatic carbocycles. The Labute approximate surface area is 146 Å². The standard InChI is InChI=1S/C10H22N2O2.C6H8O5/c1-7(2)10(6-12)8(13)3-4-9(10,14)5-11;7-3-1-6(2-3,4(8)9)5(10)11/h7-8,13-14H,3-6,11-12H2,1-2H3;3,7H,1-2H2,(H,8,9)(H,10,11). The Morgan fingerprint density at radius 2 is 1.56 bits per heavy atom. The summed E-state index contributed by atoms with van der Waals surface area (Å²) in [5.74, 6) is -2.61. The Morgan fingerprint density at radius 1 is 1.08 bits per heavy atom. The van der Waals surface area contributed by atoms with Gasteiger partial charge in [0.25, 0.3) is 0 Å². The highest BCUT2D eigenvalue weighted by atomic mass is 16.4. The van der Waals surface area contributed by atoms with Crippen molar-refractivity contribution >= 4 is 11.9 Å². The van der Waals surface area contributed by atoms with Gasteiger partial charge >= 0.3 is 11.9 Å². The van der Waals surface area contributed by atoms with Gasteiger partial charge in [-0.15, -0.1) is 0 Å². The molecule has 9 N–H and O–H groups in total. The van der Waals surface area contributed by atoms with Gasteiger partial charge < -0.3 is 37.0 Å². The summed E-state index contributed by atoms with van der Waals surface area (Å²) in [6, 6.07) is 0. The molecule has 3 unspecified atom stereocenters. The fourth-order valence-electron chi connectivity index (χ4n) is 4.14. The highest BCUT2D eigenvalue weighted by Crippen LogP contribution is 2.50. The van der Waals surface area contributed by atoms with E-state index in [9.17, 15) is 19.8 Å². The van der Waals surface area contributed by atoms with E-state index in [0.717, 1.165) is 0 Å². The Kier molecular flexibility index (Phi) is 6.57. The Bertz CT molecular complexity index is 491. The van der Waals surface area contributed by atoms with Crippen LogP contribution >= 0.6 is 0 Å². The van der Waals surface area contributed by atoms with E-state index in [1.807, 2.05) is 13.8 Å². The van der Waals surface area contributed by atoms with Crippen molar-refractivity contribution in [3.8, 4) is 0 Å². The van der Waals surface area contributed by atoms with E-state index >= 15 is 0 Å². The van der Waals surface area contributed by atoms with Gasteiger partial charge in [-0.25, -0.2) is 0 Å². The molecule has 2 aliphatic carbocycles. The summed E-state index contributed by atoms with van der Waals surface area (Å²) in [6.07, 6.45) is -0.554. The maximum atomic E-state index is 10.4. The highest BCUT2D eigenvalue weighted by molar-refractivity contribution is 5.99. The number of aliphatic carboxylic acids is 2. The lowest BCUT2D eigenvalue weighted by atomic mass is 9.65. The predicted octanol–water partition coefficient (Wildman–Crippen LogP) is -1.27. The molecule has 3 atom stereocenters. The number of carboxylic acids is 2. The molecule has 9 heteroatoms. The van der Waals surface area contributed by atoms with Gasteiger partial charge in [-0.1, -0.05) is 13.8 Å². The van der Waals surface area contributed by atoms with E-state index in [1.54, 1.807) is 0 Å². The van der Waals surface area contributed by atoms with Gasteiger partial charge in [0, 0.05) is 31.3 Å². The molecule has 2 aliphatic rings. The number of hydrogen-bond donors (Lipinski definition) is 7. The molecule has 2 saturated carbocycles. The molecular formula is C16H30N2O7. The normalized spacial score (nSPS) is 34.2. The summed E-state index contributed by atoms with van der Waals surface area (Å²) in [4.78, 5) is 20.8. The minimum Gasteiger partial charge on any atom is -0.480 e. The van der Waals surface area contributed by atoms with Gasteiger partial charge in [-0.05, 0) is 18.8 Å². The smallest absolute Gasteiger partial charge is 0.321 e. The number of rotatable bonds is 5. The van der Waals surface area contributed by atoms with Crippen LogP contribution in [0.3, 0.4) is 0 Å². The van der Waals surface area contributed by atoms with Crippen LogP contribution in [0.5, 0.6) is 0 Å².